The van der Waals surface area contributed by atoms with Crippen molar-refractivity contribution in [1.29, 1.82) is 5.26 Å². The summed E-state index contributed by atoms with van der Waals surface area (Å²) in [6.45, 7) is 0. The molecule has 0 spiro atoms. The second kappa shape index (κ2) is 5.23. The molecule has 2 rings (SSSR count). The average Bonchev–Trinajstić information content (AvgIpc) is 2.46. The van der Waals surface area contributed by atoms with Gasteiger partial charge in [-0.3, -0.25) is 4.31 Å². The maximum Gasteiger partial charge on any atom is 0.264 e. The lowest BCUT2D eigenvalue weighted by Gasteiger charge is -2.19. The van der Waals surface area contributed by atoms with E-state index in [9.17, 15) is 8.42 Å². The molecule has 5 nitrogen and oxygen atoms in total. The van der Waals surface area contributed by atoms with Crippen molar-refractivity contribution in [3.8, 4) is 6.07 Å². The van der Waals surface area contributed by atoms with E-state index in [0.717, 1.165) is 4.31 Å². The molecule has 0 heterocycles. The highest BCUT2D eigenvalue weighted by Crippen LogP contribution is 2.23. The lowest BCUT2D eigenvalue weighted by Crippen LogP contribution is -2.26. The lowest BCUT2D eigenvalue weighted by atomic mass is 10.2. The molecule has 0 atom stereocenters. The van der Waals surface area contributed by atoms with E-state index in [-0.39, 0.29) is 4.90 Å². The van der Waals surface area contributed by atoms with Gasteiger partial charge in [-0.1, -0.05) is 12.1 Å². The highest BCUT2D eigenvalue weighted by Gasteiger charge is 2.21. The third kappa shape index (κ3) is 2.58. The number of nitriles is 1. The third-order valence-corrected chi connectivity index (χ3v) is 4.64. The van der Waals surface area contributed by atoms with E-state index in [0.29, 0.717) is 16.9 Å². The van der Waals surface area contributed by atoms with Crippen LogP contribution in [0.2, 0.25) is 0 Å². The second-order valence-corrected chi connectivity index (χ2v) is 6.18. The Balaban J connectivity index is 2.46. The molecule has 6 heteroatoms. The van der Waals surface area contributed by atoms with Crippen LogP contribution in [0.15, 0.2) is 53.4 Å². The lowest BCUT2D eigenvalue weighted by molar-refractivity contribution is 0.594. The fourth-order valence-electron chi connectivity index (χ4n) is 1.74. The molecule has 2 N–H and O–H groups in total. The van der Waals surface area contributed by atoms with Crippen LogP contribution in [0.1, 0.15) is 5.56 Å². The van der Waals surface area contributed by atoms with Crippen molar-refractivity contribution in [3.63, 3.8) is 0 Å². The molecule has 0 aliphatic carbocycles. The zero-order chi connectivity index (χ0) is 14.8. The molecule has 0 fully saturated rings. The van der Waals surface area contributed by atoms with E-state index in [2.05, 4.69) is 0 Å². The predicted octanol–water partition coefficient (Wildman–Crippen LogP) is 1.97. The van der Waals surface area contributed by atoms with Crippen LogP contribution in [0.3, 0.4) is 0 Å². The van der Waals surface area contributed by atoms with Gasteiger partial charge in [0.05, 0.1) is 22.2 Å². The monoisotopic (exact) mass is 287 g/mol. The minimum atomic E-state index is -3.70. The summed E-state index contributed by atoms with van der Waals surface area (Å²) in [5, 5.41) is 8.87. The first-order chi connectivity index (χ1) is 9.45. The molecular weight excluding hydrogens is 274 g/mol. The molecular formula is C14H13N3O2S. The average molecular weight is 287 g/mol. The Morgan fingerprint density at radius 3 is 2.50 bits per heavy atom. The third-order valence-electron chi connectivity index (χ3n) is 2.86. The normalized spacial score (nSPS) is 10.8. The summed E-state index contributed by atoms with van der Waals surface area (Å²) < 4.78 is 26.1. The summed E-state index contributed by atoms with van der Waals surface area (Å²) in [6.07, 6.45) is 0. The van der Waals surface area contributed by atoms with Crippen molar-refractivity contribution in [2.24, 2.45) is 0 Å². The van der Waals surface area contributed by atoms with Gasteiger partial charge in [0.25, 0.3) is 10.0 Å². The summed E-state index contributed by atoms with van der Waals surface area (Å²) in [5.74, 6) is 0. The zero-order valence-electron chi connectivity index (χ0n) is 10.8. The molecule has 0 saturated heterocycles. The van der Waals surface area contributed by atoms with E-state index < -0.39 is 10.0 Å². The smallest absolute Gasteiger partial charge is 0.264 e. The van der Waals surface area contributed by atoms with Gasteiger partial charge in [-0.15, -0.1) is 0 Å². The van der Waals surface area contributed by atoms with Crippen LogP contribution in [0.25, 0.3) is 0 Å². The van der Waals surface area contributed by atoms with E-state index in [1.54, 1.807) is 30.3 Å². The SMILES string of the molecule is CN(c1cccc(C#N)c1)S(=O)(=O)c1cccc(N)c1. The van der Waals surface area contributed by atoms with Crippen LogP contribution in [-0.4, -0.2) is 15.5 Å². The summed E-state index contributed by atoms with van der Waals surface area (Å²) in [5.41, 5.74) is 6.82. The minimum absolute atomic E-state index is 0.113. The minimum Gasteiger partial charge on any atom is -0.399 e. The molecule has 0 amide bonds. The quantitative estimate of drug-likeness (QED) is 0.874. The van der Waals surface area contributed by atoms with Gasteiger partial charge in [-0.25, -0.2) is 8.42 Å². The molecule has 0 bridgehead atoms. The molecule has 20 heavy (non-hydrogen) atoms. The van der Waals surface area contributed by atoms with E-state index >= 15 is 0 Å². The predicted molar refractivity (Wildman–Crippen MR) is 77.6 cm³/mol. The highest BCUT2D eigenvalue weighted by molar-refractivity contribution is 7.92. The number of anilines is 2. The molecule has 0 aliphatic heterocycles. The zero-order valence-corrected chi connectivity index (χ0v) is 11.6. The molecule has 0 radical (unpaired) electrons. The summed E-state index contributed by atoms with van der Waals surface area (Å²) in [7, 11) is -2.26. The van der Waals surface area contributed by atoms with E-state index in [1.807, 2.05) is 6.07 Å². The van der Waals surface area contributed by atoms with Gasteiger partial charge in [-0.05, 0) is 36.4 Å². The summed E-state index contributed by atoms with van der Waals surface area (Å²) in [4.78, 5) is 0.113. The Morgan fingerprint density at radius 1 is 1.15 bits per heavy atom. The topological polar surface area (TPSA) is 87.2 Å². The Morgan fingerprint density at radius 2 is 1.85 bits per heavy atom. The van der Waals surface area contributed by atoms with Crippen LogP contribution < -0.4 is 10.0 Å². The number of nitrogen functional groups attached to an aromatic ring is 1. The first-order valence-corrected chi connectivity index (χ1v) is 7.24. The van der Waals surface area contributed by atoms with Crippen molar-refractivity contribution in [2.75, 3.05) is 17.1 Å². The van der Waals surface area contributed by atoms with Crippen LogP contribution >= 0.6 is 0 Å². The Kier molecular flexibility index (Phi) is 3.63. The van der Waals surface area contributed by atoms with Gasteiger partial charge in [0.2, 0.25) is 0 Å². The number of rotatable bonds is 3. The number of hydrogen-bond acceptors (Lipinski definition) is 4. The molecule has 102 valence electrons. The Bertz CT molecular complexity index is 779. The van der Waals surface area contributed by atoms with Crippen molar-refractivity contribution in [3.05, 3.63) is 54.1 Å². The first-order valence-electron chi connectivity index (χ1n) is 5.80. The Hall–Kier alpha value is -2.52. The van der Waals surface area contributed by atoms with Crippen molar-refractivity contribution >= 4 is 21.4 Å². The summed E-state index contributed by atoms with van der Waals surface area (Å²) >= 11 is 0. The summed E-state index contributed by atoms with van der Waals surface area (Å²) in [6, 6.07) is 14.5. The van der Waals surface area contributed by atoms with Gasteiger partial charge >= 0.3 is 0 Å². The maximum absolute atomic E-state index is 12.5. The maximum atomic E-state index is 12.5. The van der Waals surface area contributed by atoms with Crippen LogP contribution in [-0.2, 0) is 10.0 Å². The molecule has 0 aromatic heterocycles. The van der Waals surface area contributed by atoms with Gasteiger partial charge < -0.3 is 5.73 Å². The van der Waals surface area contributed by atoms with Crippen LogP contribution in [0.4, 0.5) is 11.4 Å². The van der Waals surface area contributed by atoms with Gasteiger partial charge in [0, 0.05) is 12.7 Å². The number of hydrogen-bond donors (Lipinski definition) is 1. The fourth-order valence-corrected chi connectivity index (χ4v) is 2.99. The molecule has 0 saturated carbocycles. The molecule has 0 unspecified atom stereocenters. The van der Waals surface area contributed by atoms with Crippen molar-refractivity contribution in [2.45, 2.75) is 4.90 Å². The van der Waals surface area contributed by atoms with Crippen LogP contribution in [0, 0.1) is 11.3 Å². The number of nitrogens with two attached hydrogens (primary N) is 1. The highest BCUT2D eigenvalue weighted by atomic mass is 32.2. The molecule has 2 aromatic rings. The van der Waals surface area contributed by atoms with Gasteiger partial charge in [0.1, 0.15) is 0 Å². The molecule has 2 aromatic carbocycles. The van der Waals surface area contributed by atoms with Gasteiger partial charge in [0.15, 0.2) is 0 Å². The fraction of sp³-hybridized carbons (Fsp3) is 0.0714. The standard InChI is InChI=1S/C14H13N3O2S/c1-17(13-6-2-4-11(8-13)10-15)20(18,19)14-7-3-5-12(16)9-14/h2-9H,16H2,1H3. The second-order valence-electron chi connectivity index (χ2n) is 4.21. The van der Waals surface area contributed by atoms with E-state index in [4.69, 9.17) is 11.0 Å². The number of sulfonamides is 1. The van der Waals surface area contributed by atoms with Crippen molar-refractivity contribution < 1.29 is 8.42 Å². The Labute approximate surface area is 117 Å². The molecule has 0 aliphatic rings. The first kappa shape index (κ1) is 13.9. The van der Waals surface area contributed by atoms with Crippen LogP contribution in [0.5, 0.6) is 0 Å². The van der Waals surface area contributed by atoms with Gasteiger partial charge in [-0.2, -0.15) is 5.26 Å². The van der Waals surface area contributed by atoms with E-state index in [1.165, 1.54) is 25.2 Å². The number of benzene rings is 2. The largest absolute Gasteiger partial charge is 0.399 e. The van der Waals surface area contributed by atoms with Crippen molar-refractivity contribution in [1.82, 2.24) is 0 Å². The number of nitrogens with zero attached hydrogens (tertiary/aromatic N) is 2.